The van der Waals surface area contributed by atoms with Gasteiger partial charge in [0.25, 0.3) is 5.91 Å². The maximum Gasteiger partial charge on any atom is 0.254 e. The third-order valence-corrected chi connectivity index (χ3v) is 3.39. The van der Waals surface area contributed by atoms with Crippen LogP contribution in [0.15, 0.2) is 24.4 Å². The Morgan fingerprint density at radius 1 is 1.29 bits per heavy atom. The minimum Gasteiger partial charge on any atom is -0.365 e. The van der Waals surface area contributed by atoms with Gasteiger partial charge in [0.1, 0.15) is 23.7 Å². The molecule has 2 rings (SSSR count). The van der Waals surface area contributed by atoms with Crippen LogP contribution < -0.4 is 21.9 Å². The molecular weight excluding hydrogens is 308 g/mol. The fraction of sp³-hybridized carbons (Fsp3) is 0.250. The van der Waals surface area contributed by atoms with Crippen molar-refractivity contribution in [3.05, 3.63) is 41.1 Å². The first-order valence-electron chi connectivity index (χ1n) is 7.33. The normalized spacial score (nSPS) is 11.7. The highest BCUT2D eigenvalue weighted by Gasteiger charge is 2.17. The third-order valence-electron chi connectivity index (χ3n) is 3.39. The van der Waals surface area contributed by atoms with Gasteiger partial charge in [0, 0.05) is 11.9 Å². The molecule has 0 radical (unpaired) electrons. The second-order valence-corrected chi connectivity index (χ2v) is 5.58. The van der Waals surface area contributed by atoms with Gasteiger partial charge in [-0.05, 0) is 44.0 Å². The molecule has 0 unspecified atom stereocenters. The Hall–Kier alpha value is -3.00. The summed E-state index contributed by atoms with van der Waals surface area (Å²) < 4.78 is 0. The van der Waals surface area contributed by atoms with Gasteiger partial charge in [-0.3, -0.25) is 9.80 Å². The number of benzene rings is 1. The average molecular weight is 328 g/mol. The summed E-state index contributed by atoms with van der Waals surface area (Å²) in [6.45, 7) is 5.54. The highest BCUT2D eigenvalue weighted by atomic mass is 16.1. The Morgan fingerprint density at radius 2 is 1.92 bits per heavy atom. The van der Waals surface area contributed by atoms with Crippen LogP contribution in [0.25, 0.3) is 0 Å². The highest BCUT2D eigenvalue weighted by Crippen LogP contribution is 2.22. The fourth-order valence-electron chi connectivity index (χ4n) is 2.20. The van der Waals surface area contributed by atoms with Gasteiger partial charge < -0.3 is 15.8 Å². The van der Waals surface area contributed by atoms with Crippen LogP contribution in [0.1, 0.15) is 28.4 Å². The molecule has 1 amide bonds. The number of hydrogen-bond acceptors (Lipinski definition) is 7. The van der Waals surface area contributed by atoms with Crippen LogP contribution in [-0.4, -0.2) is 28.2 Å². The third kappa shape index (κ3) is 3.85. The molecule has 1 heterocycles. The van der Waals surface area contributed by atoms with Crippen molar-refractivity contribution in [3.63, 3.8) is 0 Å². The lowest BCUT2D eigenvalue weighted by Gasteiger charge is -2.20. The number of primary amides is 1. The molecule has 8 heteroatoms. The minimum absolute atomic E-state index is 0.103. The molecule has 0 aliphatic heterocycles. The van der Waals surface area contributed by atoms with E-state index in [1.54, 1.807) is 6.92 Å². The summed E-state index contributed by atoms with van der Waals surface area (Å²) in [5, 5.41) is 4.18. The van der Waals surface area contributed by atoms with Crippen molar-refractivity contribution in [2.75, 3.05) is 10.3 Å². The van der Waals surface area contributed by atoms with Crippen LogP contribution in [0, 0.1) is 13.8 Å². The van der Waals surface area contributed by atoms with Crippen molar-refractivity contribution in [3.8, 4) is 0 Å². The Bertz CT molecular complexity index is 757. The van der Waals surface area contributed by atoms with Gasteiger partial charge in [-0.1, -0.05) is 6.07 Å². The van der Waals surface area contributed by atoms with Gasteiger partial charge >= 0.3 is 0 Å². The highest BCUT2D eigenvalue weighted by molar-refractivity contribution is 5.98. The standard InChI is InChI=1S/C16H20N6O2/c1-9-4-10(2)6-12(5-9)20-15-13(14(17)24)7-19-16(21-15)22(18)11(3)8-23/h4-8,11H,18H2,1-3H3,(H2,17,24)(H,19,20,21)/t11-/m1/s1. The number of hydrazine groups is 1. The van der Waals surface area contributed by atoms with Gasteiger partial charge in [0.05, 0.1) is 0 Å². The van der Waals surface area contributed by atoms with Gasteiger partial charge in [-0.25, -0.2) is 10.8 Å². The Kier molecular flexibility index (Phi) is 5.10. The Morgan fingerprint density at radius 3 is 2.46 bits per heavy atom. The second kappa shape index (κ2) is 7.05. The summed E-state index contributed by atoms with van der Waals surface area (Å²) in [5.41, 5.74) is 8.38. The summed E-state index contributed by atoms with van der Waals surface area (Å²) in [6.07, 6.45) is 1.95. The van der Waals surface area contributed by atoms with Crippen LogP contribution in [-0.2, 0) is 4.79 Å². The summed E-state index contributed by atoms with van der Waals surface area (Å²) in [6, 6.07) is 5.24. The molecular formula is C16H20N6O2. The van der Waals surface area contributed by atoms with Crippen molar-refractivity contribution in [2.45, 2.75) is 26.8 Å². The van der Waals surface area contributed by atoms with Gasteiger partial charge in [0.15, 0.2) is 0 Å². The number of aromatic nitrogens is 2. The average Bonchev–Trinajstić information content (AvgIpc) is 2.52. The fourth-order valence-corrected chi connectivity index (χ4v) is 2.20. The first-order valence-corrected chi connectivity index (χ1v) is 7.33. The molecule has 1 aromatic carbocycles. The minimum atomic E-state index is -0.666. The molecule has 0 saturated carbocycles. The van der Waals surface area contributed by atoms with E-state index < -0.39 is 11.9 Å². The number of hydrogen-bond donors (Lipinski definition) is 3. The predicted molar refractivity (Wildman–Crippen MR) is 91.9 cm³/mol. The van der Waals surface area contributed by atoms with E-state index in [4.69, 9.17) is 11.6 Å². The monoisotopic (exact) mass is 328 g/mol. The molecule has 0 fully saturated rings. The molecule has 2 aromatic rings. The van der Waals surface area contributed by atoms with E-state index in [2.05, 4.69) is 15.3 Å². The van der Waals surface area contributed by atoms with Crippen LogP contribution >= 0.6 is 0 Å². The maximum absolute atomic E-state index is 11.6. The summed E-state index contributed by atoms with van der Waals surface area (Å²) >= 11 is 0. The number of anilines is 3. The van der Waals surface area contributed by atoms with E-state index >= 15 is 0 Å². The van der Waals surface area contributed by atoms with Crippen molar-refractivity contribution in [2.24, 2.45) is 11.6 Å². The molecule has 0 aliphatic rings. The number of rotatable bonds is 6. The first-order chi connectivity index (χ1) is 11.3. The van der Waals surface area contributed by atoms with Crippen molar-refractivity contribution in [1.29, 1.82) is 0 Å². The van der Waals surface area contributed by atoms with E-state index in [0.29, 0.717) is 6.29 Å². The molecule has 24 heavy (non-hydrogen) atoms. The summed E-state index contributed by atoms with van der Waals surface area (Å²) in [7, 11) is 0. The SMILES string of the molecule is Cc1cc(C)cc(Nc2nc(N(N)[C@H](C)C=O)ncc2C(N)=O)c1. The Balaban J connectivity index is 2.45. The molecule has 0 spiro atoms. The summed E-state index contributed by atoms with van der Waals surface area (Å²) in [4.78, 5) is 30.7. The number of nitrogens with zero attached hydrogens (tertiary/aromatic N) is 3. The van der Waals surface area contributed by atoms with Crippen LogP contribution in [0.3, 0.4) is 0 Å². The zero-order chi connectivity index (χ0) is 17.9. The van der Waals surface area contributed by atoms with Crippen molar-refractivity contribution < 1.29 is 9.59 Å². The van der Waals surface area contributed by atoms with E-state index in [9.17, 15) is 9.59 Å². The molecule has 126 valence electrons. The second-order valence-electron chi connectivity index (χ2n) is 5.58. The van der Waals surface area contributed by atoms with Gasteiger partial charge in [-0.15, -0.1) is 0 Å². The molecule has 0 bridgehead atoms. The topological polar surface area (TPSA) is 127 Å². The number of nitrogens with two attached hydrogens (primary N) is 2. The molecule has 5 N–H and O–H groups in total. The lowest BCUT2D eigenvalue weighted by Crippen LogP contribution is -2.41. The number of aldehydes is 1. The van der Waals surface area contributed by atoms with Crippen molar-refractivity contribution >= 4 is 29.6 Å². The van der Waals surface area contributed by atoms with E-state index in [0.717, 1.165) is 21.8 Å². The lowest BCUT2D eigenvalue weighted by molar-refractivity contribution is -0.108. The van der Waals surface area contributed by atoms with Crippen molar-refractivity contribution in [1.82, 2.24) is 9.97 Å². The molecule has 1 atom stereocenters. The molecule has 0 aliphatic carbocycles. The van der Waals surface area contributed by atoms with E-state index in [1.807, 2.05) is 32.0 Å². The predicted octanol–water partition coefficient (Wildman–Crippen LogP) is 1.20. The number of carbonyl (C=O) groups is 2. The summed E-state index contributed by atoms with van der Waals surface area (Å²) in [5.74, 6) is 5.48. The van der Waals surface area contributed by atoms with Crippen LogP contribution in [0.2, 0.25) is 0 Å². The maximum atomic E-state index is 11.6. The first kappa shape index (κ1) is 17.4. The van der Waals surface area contributed by atoms with Gasteiger partial charge in [-0.2, -0.15) is 4.98 Å². The van der Waals surface area contributed by atoms with Gasteiger partial charge in [0.2, 0.25) is 5.95 Å². The zero-order valence-corrected chi connectivity index (χ0v) is 13.8. The number of aryl methyl sites for hydroxylation is 2. The smallest absolute Gasteiger partial charge is 0.254 e. The zero-order valence-electron chi connectivity index (χ0n) is 13.8. The molecule has 0 saturated heterocycles. The van der Waals surface area contributed by atoms with E-state index in [-0.39, 0.29) is 17.3 Å². The number of amides is 1. The van der Waals surface area contributed by atoms with E-state index in [1.165, 1.54) is 6.20 Å². The van der Waals surface area contributed by atoms with Crippen LogP contribution in [0.4, 0.5) is 17.5 Å². The quantitative estimate of drug-likeness (QED) is 0.413. The Labute approximate surface area is 139 Å². The largest absolute Gasteiger partial charge is 0.365 e. The molecule has 8 nitrogen and oxygen atoms in total. The number of carbonyl (C=O) groups excluding carboxylic acids is 2. The lowest BCUT2D eigenvalue weighted by atomic mass is 10.1. The van der Waals surface area contributed by atoms with Crippen LogP contribution in [0.5, 0.6) is 0 Å². The molecule has 1 aromatic heterocycles. The number of nitrogens with one attached hydrogen (secondary N) is 1.